The Morgan fingerprint density at radius 1 is 0.947 bits per heavy atom. The zero-order chi connectivity index (χ0) is 13.8. The number of hydrogen-bond donors (Lipinski definition) is 1. The number of rotatable bonds is 4. The number of nitrogens with one attached hydrogen (secondary N) is 1. The first-order valence-corrected chi connectivity index (χ1v) is 6.55. The summed E-state index contributed by atoms with van der Waals surface area (Å²) in [4.78, 5) is 0. The molecule has 2 rings (SSSR count). The van der Waals surface area contributed by atoms with Crippen molar-refractivity contribution < 1.29 is 4.74 Å². The van der Waals surface area contributed by atoms with Crippen LogP contribution in [-0.4, -0.2) is 14.2 Å². The van der Waals surface area contributed by atoms with E-state index in [4.69, 9.17) is 4.74 Å². The minimum absolute atomic E-state index is 0.904. The van der Waals surface area contributed by atoms with Gasteiger partial charge in [0.05, 0.1) is 7.11 Å². The summed E-state index contributed by atoms with van der Waals surface area (Å²) in [6, 6.07) is 13.0. The van der Waals surface area contributed by atoms with Crippen LogP contribution in [0.3, 0.4) is 0 Å². The van der Waals surface area contributed by atoms with E-state index < -0.39 is 0 Å². The molecular weight excluding hydrogens is 234 g/mol. The first kappa shape index (κ1) is 13.6. The van der Waals surface area contributed by atoms with Crippen LogP contribution in [-0.2, 0) is 6.54 Å². The molecule has 0 atom stereocenters. The van der Waals surface area contributed by atoms with Crippen molar-refractivity contribution in [3.8, 4) is 16.9 Å². The maximum atomic E-state index is 5.41. The fourth-order valence-electron chi connectivity index (χ4n) is 2.46. The quantitative estimate of drug-likeness (QED) is 0.899. The molecule has 2 nitrogen and oxygen atoms in total. The van der Waals surface area contributed by atoms with Crippen molar-refractivity contribution in [1.29, 1.82) is 0 Å². The lowest BCUT2D eigenvalue weighted by atomic mass is 9.99. The van der Waals surface area contributed by atoms with Crippen LogP contribution in [0.5, 0.6) is 5.75 Å². The summed E-state index contributed by atoms with van der Waals surface area (Å²) in [6.07, 6.45) is 0. The van der Waals surface area contributed by atoms with Gasteiger partial charge in [-0.15, -0.1) is 0 Å². The molecule has 2 heteroatoms. The van der Waals surface area contributed by atoms with Gasteiger partial charge in [0.2, 0.25) is 0 Å². The minimum Gasteiger partial charge on any atom is -0.496 e. The van der Waals surface area contributed by atoms with Gasteiger partial charge in [0.15, 0.2) is 0 Å². The van der Waals surface area contributed by atoms with Crippen LogP contribution in [0.15, 0.2) is 36.4 Å². The summed E-state index contributed by atoms with van der Waals surface area (Å²) in [5, 5.41) is 3.16. The third-order valence-corrected chi connectivity index (χ3v) is 3.33. The van der Waals surface area contributed by atoms with Crippen molar-refractivity contribution in [3.05, 3.63) is 53.1 Å². The number of ether oxygens (including phenoxy) is 1. The van der Waals surface area contributed by atoms with Gasteiger partial charge in [0.1, 0.15) is 5.75 Å². The smallest absolute Gasteiger partial charge is 0.124 e. The van der Waals surface area contributed by atoms with Gasteiger partial charge >= 0.3 is 0 Å². The van der Waals surface area contributed by atoms with Crippen molar-refractivity contribution >= 4 is 0 Å². The van der Waals surface area contributed by atoms with E-state index in [1.807, 2.05) is 7.05 Å². The number of hydrogen-bond acceptors (Lipinski definition) is 2. The molecule has 2 aromatic carbocycles. The summed E-state index contributed by atoms with van der Waals surface area (Å²) in [6.45, 7) is 5.08. The van der Waals surface area contributed by atoms with E-state index >= 15 is 0 Å². The van der Waals surface area contributed by atoms with Crippen molar-refractivity contribution in [3.63, 3.8) is 0 Å². The molecule has 0 saturated carbocycles. The molecule has 0 amide bonds. The van der Waals surface area contributed by atoms with Crippen molar-refractivity contribution in [2.24, 2.45) is 0 Å². The van der Waals surface area contributed by atoms with Crippen LogP contribution >= 0.6 is 0 Å². The zero-order valence-corrected chi connectivity index (χ0v) is 12.1. The zero-order valence-electron chi connectivity index (χ0n) is 12.1. The largest absolute Gasteiger partial charge is 0.496 e. The molecule has 19 heavy (non-hydrogen) atoms. The third kappa shape index (κ3) is 2.96. The molecule has 0 radical (unpaired) electrons. The van der Waals surface area contributed by atoms with E-state index in [9.17, 15) is 0 Å². The number of aryl methyl sites for hydroxylation is 2. The molecule has 0 saturated heterocycles. The average Bonchev–Trinajstić information content (AvgIpc) is 2.39. The highest BCUT2D eigenvalue weighted by molar-refractivity contribution is 5.67. The second-order valence-electron chi connectivity index (χ2n) is 4.87. The van der Waals surface area contributed by atoms with Crippen LogP contribution in [0.4, 0.5) is 0 Å². The number of methoxy groups -OCH3 is 1. The van der Waals surface area contributed by atoms with Gasteiger partial charge in [-0.3, -0.25) is 0 Å². The Morgan fingerprint density at radius 3 is 2.00 bits per heavy atom. The predicted octanol–water partition coefficient (Wildman–Crippen LogP) is 3.70. The van der Waals surface area contributed by atoms with Gasteiger partial charge in [-0.1, -0.05) is 24.3 Å². The van der Waals surface area contributed by atoms with E-state index in [0.717, 1.165) is 12.3 Å². The fraction of sp³-hybridized carbons (Fsp3) is 0.294. The first-order chi connectivity index (χ1) is 9.15. The Bertz CT molecular complexity index is 535. The molecule has 0 heterocycles. The van der Waals surface area contributed by atoms with Crippen LogP contribution in [0.2, 0.25) is 0 Å². The molecule has 0 aromatic heterocycles. The minimum atomic E-state index is 0.904. The first-order valence-electron chi connectivity index (χ1n) is 6.55. The normalized spacial score (nSPS) is 10.5. The standard InChI is InChI=1S/C17H21NO/c1-12-9-16(10-13(2)17(12)19-4)15-7-5-14(6-8-15)11-18-3/h5-10,18H,11H2,1-4H3. The Hall–Kier alpha value is -1.80. The van der Waals surface area contributed by atoms with E-state index in [2.05, 4.69) is 55.6 Å². The predicted molar refractivity (Wildman–Crippen MR) is 80.7 cm³/mol. The lowest BCUT2D eigenvalue weighted by Gasteiger charge is -2.12. The summed E-state index contributed by atoms with van der Waals surface area (Å²) < 4.78 is 5.41. The Kier molecular flexibility index (Phi) is 4.23. The molecule has 0 fully saturated rings. The summed E-state index contributed by atoms with van der Waals surface area (Å²) in [7, 11) is 3.69. The lowest BCUT2D eigenvalue weighted by Crippen LogP contribution is -2.04. The molecule has 0 unspecified atom stereocenters. The van der Waals surface area contributed by atoms with E-state index in [1.165, 1.54) is 27.8 Å². The van der Waals surface area contributed by atoms with Crippen LogP contribution in [0.1, 0.15) is 16.7 Å². The molecule has 100 valence electrons. The van der Waals surface area contributed by atoms with Gasteiger partial charge in [-0.05, 0) is 60.8 Å². The molecule has 0 aliphatic rings. The molecule has 2 aromatic rings. The van der Waals surface area contributed by atoms with Gasteiger partial charge < -0.3 is 10.1 Å². The maximum Gasteiger partial charge on any atom is 0.124 e. The maximum absolute atomic E-state index is 5.41. The highest BCUT2D eigenvalue weighted by Crippen LogP contribution is 2.29. The van der Waals surface area contributed by atoms with Crippen LogP contribution in [0.25, 0.3) is 11.1 Å². The topological polar surface area (TPSA) is 21.3 Å². The highest BCUT2D eigenvalue weighted by Gasteiger charge is 2.06. The van der Waals surface area contributed by atoms with E-state index in [1.54, 1.807) is 7.11 Å². The number of benzene rings is 2. The molecular formula is C17H21NO. The van der Waals surface area contributed by atoms with E-state index in [-0.39, 0.29) is 0 Å². The second-order valence-corrected chi connectivity index (χ2v) is 4.87. The van der Waals surface area contributed by atoms with Crippen LogP contribution < -0.4 is 10.1 Å². The third-order valence-electron chi connectivity index (χ3n) is 3.33. The van der Waals surface area contributed by atoms with Crippen molar-refractivity contribution in [2.45, 2.75) is 20.4 Å². The average molecular weight is 255 g/mol. The Morgan fingerprint density at radius 2 is 1.53 bits per heavy atom. The second kappa shape index (κ2) is 5.89. The van der Waals surface area contributed by atoms with Crippen LogP contribution in [0, 0.1) is 13.8 Å². The molecule has 0 aliphatic carbocycles. The molecule has 0 aliphatic heterocycles. The summed E-state index contributed by atoms with van der Waals surface area (Å²) in [5.74, 6) is 0.982. The lowest BCUT2D eigenvalue weighted by molar-refractivity contribution is 0.408. The monoisotopic (exact) mass is 255 g/mol. The summed E-state index contributed by atoms with van der Waals surface area (Å²) >= 11 is 0. The molecule has 0 bridgehead atoms. The van der Waals surface area contributed by atoms with Gasteiger partial charge in [0, 0.05) is 6.54 Å². The van der Waals surface area contributed by atoms with Gasteiger partial charge in [-0.2, -0.15) is 0 Å². The van der Waals surface area contributed by atoms with Crippen molar-refractivity contribution in [1.82, 2.24) is 5.32 Å². The Labute approximate surface area is 115 Å². The fourth-order valence-corrected chi connectivity index (χ4v) is 2.46. The summed E-state index contributed by atoms with van der Waals surface area (Å²) in [5.41, 5.74) is 6.14. The van der Waals surface area contributed by atoms with Gasteiger partial charge in [0.25, 0.3) is 0 Å². The Balaban J connectivity index is 2.36. The van der Waals surface area contributed by atoms with Crippen molar-refractivity contribution in [2.75, 3.05) is 14.2 Å². The SMILES string of the molecule is CNCc1ccc(-c2cc(C)c(OC)c(C)c2)cc1. The van der Waals surface area contributed by atoms with E-state index in [0.29, 0.717) is 0 Å². The molecule has 0 spiro atoms. The highest BCUT2D eigenvalue weighted by atomic mass is 16.5. The molecule has 1 N–H and O–H groups in total. The van der Waals surface area contributed by atoms with Gasteiger partial charge in [-0.25, -0.2) is 0 Å².